The zero-order chi connectivity index (χ0) is 14.8. The molecule has 3 nitrogen and oxygen atoms in total. The fourth-order valence-corrected chi connectivity index (χ4v) is 4.50. The van der Waals surface area contributed by atoms with Crippen LogP contribution < -0.4 is 0 Å². The van der Waals surface area contributed by atoms with Crippen LogP contribution in [0.2, 0.25) is 0 Å². The Morgan fingerprint density at radius 1 is 1.19 bits per heavy atom. The van der Waals surface area contributed by atoms with Crippen molar-refractivity contribution in [2.45, 2.75) is 58.8 Å². The highest BCUT2D eigenvalue weighted by molar-refractivity contribution is 5.09. The molecule has 0 N–H and O–H groups in total. The van der Waals surface area contributed by atoms with E-state index in [9.17, 15) is 0 Å². The lowest BCUT2D eigenvalue weighted by atomic mass is 9.74. The van der Waals surface area contributed by atoms with Crippen LogP contribution >= 0.6 is 0 Å². The highest BCUT2D eigenvalue weighted by Crippen LogP contribution is 2.39. The molecule has 2 fully saturated rings. The van der Waals surface area contributed by atoms with Crippen LogP contribution in [0.3, 0.4) is 0 Å². The lowest BCUT2D eigenvalue weighted by molar-refractivity contribution is -0.123. The Kier molecular flexibility index (Phi) is 5.03. The van der Waals surface area contributed by atoms with Crippen molar-refractivity contribution in [1.29, 1.82) is 0 Å². The van der Waals surface area contributed by atoms with Gasteiger partial charge >= 0.3 is 0 Å². The molecule has 1 aliphatic carbocycles. The molecule has 0 unspecified atom stereocenters. The van der Waals surface area contributed by atoms with Crippen LogP contribution in [0.25, 0.3) is 0 Å². The summed E-state index contributed by atoms with van der Waals surface area (Å²) >= 11 is 0. The minimum absolute atomic E-state index is 0.00846. The van der Waals surface area contributed by atoms with Crippen molar-refractivity contribution < 1.29 is 9.47 Å². The SMILES string of the molecule is CC1=C[C@@H](C)[C@@H]([C@@H]2OC[C@H](CN3CCCCC3)O2)[C@H](C)C1. The fraction of sp³-hybridized carbons (Fsp3) is 0.889. The Morgan fingerprint density at radius 3 is 2.67 bits per heavy atom. The molecule has 0 spiro atoms. The molecule has 2 saturated heterocycles. The van der Waals surface area contributed by atoms with E-state index in [4.69, 9.17) is 9.47 Å². The zero-order valence-corrected chi connectivity index (χ0v) is 13.9. The standard InChI is InChI=1S/C18H31NO2/c1-13-9-14(2)17(15(3)10-13)18-20-12-16(21-18)11-19-7-5-4-6-8-19/h9,14-18H,4-8,10-12H2,1-3H3/t14-,15-,16+,17-,18-/m1/s1. The first-order valence-corrected chi connectivity index (χ1v) is 8.80. The van der Waals surface area contributed by atoms with Crippen LogP contribution in [0.1, 0.15) is 46.5 Å². The van der Waals surface area contributed by atoms with Crippen molar-refractivity contribution in [3.05, 3.63) is 11.6 Å². The van der Waals surface area contributed by atoms with Crippen molar-refractivity contribution in [1.82, 2.24) is 4.90 Å². The highest BCUT2D eigenvalue weighted by atomic mass is 16.7. The third-order valence-corrected chi connectivity index (χ3v) is 5.45. The molecule has 0 aromatic heterocycles. The Labute approximate surface area is 129 Å². The molecule has 3 aliphatic rings. The predicted molar refractivity (Wildman–Crippen MR) is 85.1 cm³/mol. The normalized spacial score (nSPS) is 42.0. The number of allylic oxidation sites excluding steroid dienone is 2. The van der Waals surface area contributed by atoms with Crippen molar-refractivity contribution in [2.75, 3.05) is 26.2 Å². The summed E-state index contributed by atoms with van der Waals surface area (Å²) in [7, 11) is 0. The van der Waals surface area contributed by atoms with E-state index in [0.717, 1.165) is 13.2 Å². The Hall–Kier alpha value is -0.380. The smallest absolute Gasteiger partial charge is 0.161 e. The molecule has 0 bridgehead atoms. The number of hydrogen-bond acceptors (Lipinski definition) is 3. The van der Waals surface area contributed by atoms with E-state index in [0.29, 0.717) is 17.8 Å². The third-order valence-electron chi connectivity index (χ3n) is 5.45. The molecule has 0 amide bonds. The van der Waals surface area contributed by atoms with Gasteiger partial charge in [-0.05, 0) is 51.1 Å². The molecule has 3 heteroatoms. The first-order chi connectivity index (χ1) is 10.1. The molecule has 21 heavy (non-hydrogen) atoms. The minimum Gasteiger partial charge on any atom is -0.350 e. The van der Waals surface area contributed by atoms with Gasteiger partial charge in [0.05, 0.1) is 12.7 Å². The number of likely N-dealkylation sites (tertiary alicyclic amines) is 1. The summed E-state index contributed by atoms with van der Waals surface area (Å²) in [6.45, 7) is 11.2. The summed E-state index contributed by atoms with van der Waals surface area (Å²) in [5.41, 5.74) is 1.52. The number of piperidine rings is 1. The summed E-state index contributed by atoms with van der Waals surface area (Å²) in [6, 6.07) is 0. The van der Waals surface area contributed by atoms with E-state index in [2.05, 4.69) is 31.7 Å². The summed E-state index contributed by atoms with van der Waals surface area (Å²) in [6.07, 6.45) is 7.97. The summed E-state index contributed by atoms with van der Waals surface area (Å²) in [4.78, 5) is 2.55. The van der Waals surface area contributed by atoms with E-state index in [1.54, 1.807) is 0 Å². The predicted octanol–water partition coefficient (Wildman–Crippen LogP) is 3.45. The summed E-state index contributed by atoms with van der Waals surface area (Å²) < 4.78 is 12.3. The van der Waals surface area contributed by atoms with Gasteiger partial charge in [-0.3, -0.25) is 0 Å². The van der Waals surface area contributed by atoms with Gasteiger partial charge in [0.1, 0.15) is 0 Å². The van der Waals surface area contributed by atoms with Crippen LogP contribution in [0.5, 0.6) is 0 Å². The fourth-order valence-electron chi connectivity index (χ4n) is 4.50. The molecule has 0 saturated carbocycles. The Morgan fingerprint density at radius 2 is 1.95 bits per heavy atom. The van der Waals surface area contributed by atoms with E-state index >= 15 is 0 Å². The Bertz CT molecular complexity index is 375. The van der Waals surface area contributed by atoms with Gasteiger partial charge in [0.25, 0.3) is 0 Å². The lowest BCUT2D eigenvalue weighted by Crippen LogP contribution is -2.39. The summed E-state index contributed by atoms with van der Waals surface area (Å²) in [5.74, 6) is 1.73. The van der Waals surface area contributed by atoms with E-state index in [1.165, 1.54) is 44.3 Å². The highest BCUT2D eigenvalue weighted by Gasteiger charge is 2.40. The largest absolute Gasteiger partial charge is 0.350 e. The second-order valence-electron chi connectivity index (χ2n) is 7.45. The quantitative estimate of drug-likeness (QED) is 0.744. The molecule has 120 valence electrons. The zero-order valence-electron chi connectivity index (χ0n) is 13.9. The van der Waals surface area contributed by atoms with Gasteiger partial charge in [0.15, 0.2) is 6.29 Å². The molecule has 5 atom stereocenters. The molecule has 0 aromatic carbocycles. The van der Waals surface area contributed by atoms with Gasteiger partial charge in [-0.1, -0.05) is 31.9 Å². The van der Waals surface area contributed by atoms with Crippen molar-refractivity contribution in [3.8, 4) is 0 Å². The number of ether oxygens (including phenoxy) is 2. The lowest BCUT2D eigenvalue weighted by Gasteiger charge is -2.36. The van der Waals surface area contributed by atoms with Gasteiger partial charge in [0.2, 0.25) is 0 Å². The van der Waals surface area contributed by atoms with Crippen LogP contribution in [-0.4, -0.2) is 43.5 Å². The van der Waals surface area contributed by atoms with Gasteiger partial charge in [-0.25, -0.2) is 0 Å². The van der Waals surface area contributed by atoms with Gasteiger partial charge in [0, 0.05) is 12.5 Å². The van der Waals surface area contributed by atoms with E-state index < -0.39 is 0 Å². The van der Waals surface area contributed by atoms with Crippen LogP contribution in [0, 0.1) is 17.8 Å². The van der Waals surface area contributed by atoms with Gasteiger partial charge in [-0.15, -0.1) is 0 Å². The first kappa shape index (κ1) is 15.5. The topological polar surface area (TPSA) is 21.7 Å². The van der Waals surface area contributed by atoms with Gasteiger partial charge in [-0.2, -0.15) is 0 Å². The number of rotatable bonds is 3. The average molecular weight is 293 g/mol. The van der Waals surface area contributed by atoms with Crippen molar-refractivity contribution in [3.63, 3.8) is 0 Å². The average Bonchev–Trinajstić information content (AvgIpc) is 2.87. The maximum atomic E-state index is 6.29. The van der Waals surface area contributed by atoms with Crippen molar-refractivity contribution in [2.24, 2.45) is 17.8 Å². The second-order valence-corrected chi connectivity index (χ2v) is 7.45. The molecular formula is C18H31NO2. The Balaban J connectivity index is 1.54. The maximum absolute atomic E-state index is 6.29. The second kappa shape index (κ2) is 6.80. The number of nitrogens with zero attached hydrogens (tertiary/aromatic N) is 1. The van der Waals surface area contributed by atoms with Crippen LogP contribution in [0.4, 0.5) is 0 Å². The molecule has 0 radical (unpaired) electrons. The number of hydrogen-bond donors (Lipinski definition) is 0. The first-order valence-electron chi connectivity index (χ1n) is 8.80. The molecule has 2 heterocycles. The van der Waals surface area contributed by atoms with Crippen LogP contribution in [0.15, 0.2) is 11.6 Å². The molecular weight excluding hydrogens is 262 g/mol. The third kappa shape index (κ3) is 3.69. The van der Waals surface area contributed by atoms with Gasteiger partial charge < -0.3 is 14.4 Å². The van der Waals surface area contributed by atoms with E-state index in [1.807, 2.05) is 0 Å². The molecule has 2 aliphatic heterocycles. The van der Waals surface area contributed by atoms with Crippen molar-refractivity contribution >= 4 is 0 Å². The maximum Gasteiger partial charge on any atom is 0.161 e. The molecule has 3 rings (SSSR count). The molecule has 0 aromatic rings. The summed E-state index contributed by atoms with van der Waals surface area (Å²) in [5, 5.41) is 0. The van der Waals surface area contributed by atoms with Crippen LogP contribution in [-0.2, 0) is 9.47 Å². The minimum atomic E-state index is 0.00846. The van der Waals surface area contributed by atoms with E-state index in [-0.39, 0.29) is 12.4 Å². The monoisotopic (exact) mass is 293 g/mol.